The molecule has 1 amide bonds. The lowest BCUT2D eigenvalue weighted by Gasteiger charge is -2.10. The first-order valence-corrected chi connectivity index (χ1v) is 9.56. The molecule has 9 heteroatoms. The van der Waals surface area contributed by atoms with Crippen LogP contribution in [-0.4, -0.2) is 23.0 Å². The van der Waals surface area contributed by atoms with Crippen LogP contribution in [0, 0.1) is 17.5 Å². The van der Waals surface area contributed by atoms with Crippen LogP contribution in [0.25, 0.3) is 17.3 Å². The van der Waals surface area contributed by atoms with E-state index >= 15 is 0 Å². The van der Waals surface area contributed by atoms with Crippen molar-refractivity contribution in [1.82, 2.24) is 4.98 Å². The molecule has 3 aromatic rings. The third kappa shape index (κ3) is 5.54. The molecule has 1 heterocycles. The molecular formula is C21H15F3N2O3S. The van der Waals surface area contributed by atoms with Crippen LogP contribution in [-0.2, 0) is 14.3 Å². The van der Waals surface area contributed by atoms with Crippen LogP contribution in [0.4, 0.5) is 18.3 Å². The second-order valence-electron chi connectivity index (χ2n) is 6.12. The fourth-order valence-electron chi connectivity index (χ4n) is 2.33. The van der Waals surface area contributed by atoms with Crippen LogP contribution < -0.4 is 5.32 Å². The summed E-state index contributed by atoms with van der Waals surface area (Å²) in [6.07, 6.45) is 1.45. The molecule has 1 aromatic heterocycles. The molecule has 1 N–H and O–H groups in total. The summed E-state index contributed by atoms with van der Waals surface area (Å²) in [5.74, 6) is -3.71. The van der Waals surface area contributed by atoms with Gasteiger partial charge in [0.05, 0.1) is 5.69 Å². The molecule has 3 rings (SSSR count). The summed E-state index contributed by atoms with van der Waals surface area (Å²) in [6, 6.07) is 8.85. The van der Waals surface area contributed by atoms with E-state index in [4.69, 9.17) is 4.74 Å². The summed E-state index contributed by atoms with van der Waals surface area (Å²) < 4.78 is 44.3. The maximum absolute atomic E-state index is 13.4. The molecule has 0 fully saturated rings. The number of carbonyl (C=O) groups is 2. The molecule has 0 bridgehead atoms. The van der Waals surface area contributed by atoms with Crippen LogP contribution in [0.15, 0.2) is 53.9 Å². The summed E-state index contributed by atoms with van der Waals surface area (Å²) in [6.45, 7) is 1.39. The molecule has 0 saturated heterocycles. The predicted molar refractivity (Wildman–Crippen MR) is 107 cm³/mol. The Bertz CT molecular complexity index is 1100. The number of aromatic nitrogens is 1. The van der Waals surface area contributed by atoms with Gasteiger partial charge in [-0.3, -0.25) is 10.1 Å². The van der Waals surface area contributed by atoms with E-state index in [1.54, 1.807) is 5.38 Å². The van der Waals surface area contributed by atoms with E-state index in [2.05, 4.69) is 10.3 Å². The zero-order valence-corrected chi connectivity index (χ0v) is 16.4. The standard InChI is InChI=1S/C21H15F3N2O3S/c1-12(29-19(27)9-4-13-2-6-15(22)7-3-13)20(28)26-21-25-18(11-30-21)14-5-8-16(23)17(24)10-14/h2-12H,1H3,(H,25,26,28)/b9-4+/t12-/m0/s1. The number of hydrogen-bond donors (Lipinski definition) is 1. The number of carbonyl (C=O) groups excluding carboxylic acids is 2. The van der Waals surface area contributed by atoms with E-state index in [1.807, 2.05) is 0 Å². The van der Waals surface area contributed by atoms with Gasteiger partial charge in [-0.2, -0.15) is 0 Å². The van der Waals surface area contributed by atoms with E-state index < -0.39 is 35.4 Å². The monoisotopic (exact) mass is 432 g/mol. The molecule has 0 aliphatic carbocycles. The third-order valence-electron chi connectivity index (χ3n) is 3.89. The Morgan fingerprint density at radius 2 is 1.83 bits per heavy atom. The SMILES string of the molecule is C[C@H](OC(=O)/C=C/c1ccc(F)cc1)C(=O)Nc1nc(-c2ccc(F)c(F)c2)cs1. The highest BCUT2D eigenvalue weighted by Crippen LogP contribution is 2.26. The van der Waals surface area contributed by atoms with Crippen LogP contribution in [0.3, 0.4) is 0 Å². The molecule has 0 aliphatic rings. The van der Waals surface area contributed by atoms with Gasteiger partial charge in [0.15, 0.2) is 22.9 Å². The van der Waals surface area contributed by atoms with Gasteiger partial charge in [-0.05, 0) is 48.9 Å². The lowest BCUT2D eigenvalue weighted by molar-refractivity contribution is -0.148. The van der Waals surface area contributed by atoms with E-state index in [0.29, 0.717) is 16.8 Å². The number of esters is 1. The molecule has 1 atom stereocenters. The smallest absolute Gasteiger partial charge is 0.331 e. The molecule has 0 spiro atoms. The summed E-state index contributed by atoms with van der Waals surface area (Å²) in [7, 11) is 0. The fraction of sp³-hybridized carbons (Fsp3) is 0.0952. The van der Waals surface area contributed by atoms with Gasteiger partial charge in [-0.25, -0.2) is 22.9 Å². The van der Waals surface area contributed by atoms with E-state index in [1.165, 1.54) is 43.3 Å². The highest BCUT2D eigenvalue weighted by molar-refractivity contribution is 7.14. The van der Waals surface area contributed by atoms with Gasteiger partial charge in [-0.1, -0.05) is 12.1 Å². The second-order valence-corrected chi connectivity index (χ2v) is 6.98. The molecule has 30 heavy (non-hydrogen) atoms. The molecular weight excluding hydrogens is 417 g/mol. The van der Waals surface area contributed by atoms with Crippen molar-refractivity contribution < 1.29 is 27.5 Å². The Hall–Kier alpha value is -3.46. The zero-order valence-electron chi connectivity index (χ0n) is 15.6. The lowest BCUT2D eigenvalue weighted by atomic mass is 10.2. The van der Waals surface area contributed by atoms with Crippen LogP contribution in [0.1, 0.15) is 12.5 Å². The van der Waals surface area contributed by atoms with Crippen LogP contribution >= 0.6 is 11.3 Å². The quantitative estimate of drug-likeness (QED) is 0.448. The van der Waals surface area contributed by atoms with Crippen molar-refractivity contribution in [3.63, 3.8) is 0 Å². The lowest BCUT2D eigenvalue weighted by Crippen LogP contribution is -2.29. The molecule has 5 nitrogen and oxygen atoms in total. The Kier molecular flexibility index (Phi) is 6.63. The van der Waals surface area contributed by atoms with E-state index in [9.17, 15) is 22.8 Å². The largest absolute Gasteiger partial charge is 0.449 e. The second kappa shape index (κ2) is 9.36. The Morgan fingerprint density at radius 1 is 1.10 bits per heavy atom. The number of nitrogens with zero attached hydrogens (tertiary/aromatic N) is 1. The van der Waals surface area contributed by atoms with Gasteiger partial charge >= 0.3 is 5.97 Å². The molecule has 2 aromatic carbocycles. The van der Waals surface area contributed by atoms with Gasteiger partial charge in [0.25, 0.3) is 5.91 Å². The van der Waals surface area contributed by atoms with Crippen molar-refractivity contribution in [2.75, 3.05) is 5.32 Å². The highest BCUT2D eigenvalue weighted by Gasteiger charge is 2.18. The number of ether oxygens (including phenoxy) is 1. The molecule has 0 saturated carbocycles. The zero-order chi connectivity index (χ0) is 21.7. The summed E-state index contributed by atoms with van der Waals surface area (Å²) >= 11 is 1.08. The normalized spacial score (nSPS) is 12.0. The topological polar surface area (TPSA) is 68.3 Å². The first-order chi connectivity index (χ1) is 14.3. The minimum atomic E-state index is -1.11. The van der Waals surface area contributed by atoms with Crippen molar-refractivity contribution in [2.45, 2.75) is 13.0 Å². The first kappa shape index (κ1) is 21.3. The Balaban J connectivity index is 1.56. The average molecular weight is 432 g/mol. The van der Waals surface area contributed by atoms with Gasteiger partial charge in [-0.15, -0.1) is 11.3 Å². The third-order valence-corrected chi connectivity index (χ3v) is 4.65. The number of thiazole rings is 1. The number of hydrogen-bond acceptors (Lipinski definition) is 5. The first-order valence-electron chi connectivity index (χ1n) is 8.68. The highest BCUT2D eigenvalue weighted by atomic mass is 32.1. The van der Waals surface area contributed by atoms with Crippen molar-refractivity contribution in [2.24, 2.45) is 0 Å². The minimum Gasteiger partial charge on any atom is -0.449 e. The molecule has 0 radical (unpaired) electrons. The summed E-state index contributed by atoms with van der Waals surface area (Å²) in [4.78, 5) is 28.2. The molecule has 0 unspecified atom stereocenters. The Morgan fingerprint density at radius 3 is 2.53 bits per heavy atom. The van der Waals surface area contributed by atoms with Crippen molar-refractivity contribution in [3.8, 4) is 11.3 Å². The number of benzene rings is 2. The van der Waals surface area contributed by atoms with Gasteiger partial charge in [0.2, 0.25) is 0 Å². The average Bonchev–Trinajstić information content (AvgIpc) is 3.18. The van der Waals surface area contributed by atoms with Gasteiger partial charge < -0.3 is 4.74 Å². The van der Waals surface area contributed by atoms with Crippen LogP contribution in [0.5, 0.6) is 0 Å². The summed E-state index contributed by atoms with van der Waals surface area (Å²) in [5, 5.41) is 4.29. The number of rotatable bonds is 6. The van der Waals surface area contributed by atoms with E-state index in [0.717, 1.165) is 29.5 Å². The van der Waals surface area contributed by atoms with Crippen molar-refractivity contribution in [3.05, 3.63) is 76.9 Å². The van der Waals surface area contributed by atoms with Crippen molar-refractivity contribution >= 4 is 34.4 Å². The number of anilines is 1. The Labute approximate surface area is 173 Å². The van der Waals surface area contributed by atoms with Crippen molar-refractivity contribution in [1.29, 1.82) is 0 Å². The van der Waals surface area contributed by atoms with Crippen LogP contribution in [0.2, 0.25) is 0 Å². The molecule has 154 valence electrons. The summed E-state index contributed by atoms with van der Waals surface area (Å²) in [5.41, 5.74) is 1.31. The maximum atomic E-state index is 13.4. The number of amides is 1. The van der Waals surface area contributed by atoms with Gasteiger partial charge in [0.1, 0.15) is 5.82 Å². The fourth-order valence-corrected chi connectivity index (χ4v) is 3.05. The predicted octanol–water partition coefficient (Wildman–Crippen LogP) is 4.81. The minimum absolute atomic E-state index is 0.212. The maximum Gasteiger partial charge on any atom is 0.331 e. The number of halogens is 3. The molecule has 0 aliphatic heterocycles. The number of nitrogens with one attached hydrogen (secondary N) is 1. The van der Waals surface area contributed by atoms with E-state index in [-0.39, 0.29) is 5.13 Å². The van der Waals surface area contributed by atoms with Gasteiger partial charge in [0, 0.05) is 17.0 Å².